The molecule has 138 valence electrons. The van der Waals surface area contributed by atoms with Crippen molar-refractivity contribution in [1.29, 1.82) is 5.26 Å². The Morgan fingerprint density at radius 2 is 1.88 bits per heavy atom. The third-order valence-electron chi connectivity index (χ3n) is 4.71. The predicted octanol–water partition coefficient (Wildman–Crippen LogP) is 2.35. The average Bonchev–Trinajstić information content (AvgIpc) is 2.68. The van der Waals surface area contributed by atoms with Gasteiger partial charge < -0.3 is 19.5 Å². The van der Waals surface area contributed by atoms with Gasteiger partial charge in [0.2, 0.25) is 0 Å². The molecular weight excluding hydrogens is 336 g/mol. The van der Waals surface area contributed by atoms with Crippen LogP contribution < -0.4 is 14.8 Å². The van der Waals surface area contributed by atoms with Crippen LogP contribution in [-0.2, 0) is 9.53 Å². The molecule has 1 unspecified atom stereocenters. The van der Waals surface area contributed by atoms with E-state index in [-0.39, 0.29) is 5.56 Å². The van der Waals surface area contributed by atoms with Crippen molar-refractivity contribution in [3.05, 3.63) is 23.8 Å². The topological polar surface area (TPSA) is 97.7 Å². The number of rotatable bonds is 4. The van der Waals surface area contributed by atoms with E-state index in [0.29, 0.717) is 37.6 Å². The highest BCUT2D eigenvalue weighted by molar-refractivity contribution is 5.93. The minimum Gasteiger partial charge on any atom is -0.486 e. The zero-order chi connectivity index (χ0) is 18.6. The molecule has 0 saturated heterocycles. The first-order valence-electron chi connectivity index (χ1n) is 8.87. The molecule has 1 aromatic rings. The summed E-state index contributed by atoms with van der Waals surface area (Å²) in [6.07, 6.45) is 3.12. The number of amides is 1. The molecule has 1 N–H and O–H groups in total. The molecule has 1 atom stereocenters. The normalized spacial score (nSPS) is 18.9. The van der Waals surface area contributed by atoms with Crippen molar-refractivity contribution in [2.24, 2.45) is 0 Å². The molecule has 1 fully saturated rings. The number of hydrogen-bond acceptors (Lipinski definition) is 6. The van der Waals surface area contributed by atoms with Crippen LogP contribution in [0.1, 0.15) is 49.4 Å². The minimum atomic E-state index is -0.997. The standard InChI is InChI=1S/C19H22N2O5/c1-13(17(22)21-19(12-20)7-3-2-4-8-19)26-18(23)14-5-6-15-16(11-14)25-10-9-24-15/h5-6,11,13H,2-4,7-10H2,1H3,(H,21,22). The van der Waals surface area contributed by atoms with Gasteiger partial charge in [-0.05, 0) is 38.0 Å². The monoisotopic (exact) mass is 358 g/mol. The molecule has 26 heavy (non-hydrogen) atoms. The van der Waals surface area contributed by atoms with E-state index >= 15 is 0 Å². The second-order valence-corrected chi connectivity index (χ2v) is 6.65. The Labute approximate surface area is 152 Å². The van der Waals surface area contributed by atoms with Crippen LogP contribution in [0.5, 0.6) is 11.5 Å². The van der Waals surface area contributed by atoms with E-state index in [1.165, 1.54) is 6.92 Å². The second kappa shape index (κ2) is 7.65. The van der Waals surface area contributed by atoms with Crippen molar-refractivity contribution in [2.75, 3.05) is 13.2 Å². The Morgan fingerprint density at radius 1 is 1.19 bits per heavy atom. The molecule has 2 aliphatic rings. The number of nitrogens with one attached hydrogen (secondary N) is 1. The first-order chi connectivity index (χ1) is 12.5. The molecule has 1 amide bonds. The summed E-state index contributed by atoms with van der Waals surface area (Å²) in [5.41, 5.74) is -0.575. The van der Waals surface area contributed by atoms with Gasteiger partial charge in [-0.3, -0.25) is 4.79 Å². The highest BCUT2D eigenvalue weighted by Gasteiger charge is 2.35. The van der Waals surface area contributed by atoms with Gasteiger partial charge in [0, 0.05) is 0 Å². The molecule has 0 spiro atoms. The van der Waals surface area contributed by atoms with E-state index in [9.17, 15) is 14.9 Å². The number of nitriles is 1. The molecule has 1 aromatic carbocycles. The number of benzene rings is 1. The van der Waals surface area contributed by atoms with Crippen LogP contribution in [0.25, 0.3) is 0 Å². The molecule has 1 heterocycles. The summed E-state index contributed by atoms with van der Waals surface area (Å²) < 4.78 is 16.1. The predicted molar refractivity (Wildman–Crippen MR) is 91.9 cm³/mol. The van der Waals surface area contributed by atoms with Crippen molar-refractivity contribution in [1.82, 2.24) is 5.32 Å². The maximum atomic E-state index is 12.4. The largest absolute Gasteiger partial charge is 0.486 e. The van der Waals surface area contributed by atoms with Crippen LogP contribution in [0.4, 0.5) is 0 Å². The molecule has 0 radical (unpaired) electrons. The third kappa shape index (κ3) is 3.90. The van der Waals surface area contributed by atoms with E-state index in [1.54, 1.807) is 18.2 Å². The lowest BCUT2D eigenvalue weighted by molar-refractivity contribution is -0.130. The van der Waals surface area contributed by atoms with Crippen molar-refractivity contribution < 1.29 is 23.8 Å². The lowest BCUT2D eigenvalue weighted by atomic mass is 9.83. The zero-order valence-corrected chi connectivity index (χ0v) is 14.7. The van der Waals surface area contributed by atoms with Crippen LogP contribution in [-0.4, -0.2) is 36.7 Å². The SMILES string of the molecule is CC(OC(=O)c1ccc2c(c1)OCCO2)C(=O)NC1(C#N)CCCCC1. The number of carbonyl (C=O) groups is 2. The number of ether oxygens (including phenoxy) is 3. The van der Waals surface area contributed by atoms with Gasteiger partial charge in [-0.25, -0.2) is 4.79 Å². The number of carbonyl (C=O) groups excluding carboxylic acids is 2. The summed E-state index contributed by atoms with van der Waals surface area (Å²) >= 11 is 0. The van der Waals surface area contributed by atoms with E-state index in [2.05, 4.69) is 11.4 Å². The molecule has 3 rings (SSSR count). The third-order valence-corrected chi connectivity index (χ3v) is 4.71. The molecule has 0 bridgehead atoms. The maximum absolute atomic E-state index is 12.4. The van der Waals surface area contributed by atoms with Crippen LogP contribution >= 0.6 is 0 Å². The van der Waals surface area contributed by atoms with Crippen molar-refractivity contribution >= 4 is 11.9 Å². The molecule has 0 aromatic heterocycles. The first kappa shape index (κ1) is 18.1. The summed E-state index contributed by atoms with van der Waals surface area (Å²) in [4.78, 5) is 24.7. The zero-order valence-electron chi connectivity index (χ0n) is 14.7. The van der Waals surface area contributed by atoms with Crippen LogP contribution in [0, 0.1) is 11.3 Å². The second-order valence-electron chi connectivity index (χ2n) is 6.65. The maximum Gasteiger partial charge on any atom is 0.339 e. The number of nitrogens with zero attached hydrogens (tertiary/aromatic N) is 1. The summed E-state index contributed by atoms with van der Waals surface area (Å²) in [7, 11) is 0. The van der Waals surface area contributed by atoms with E-state index in [4.69, 9.17) is 14.2 Å². The molecule has 7 heteroatoms. The van der Waals surface area contributed by atoms with Gasteiger partial charge >= 0.3 is 5.97 Å². The van der Waals surface area contributed by atoms with Crippen LogP contribution in [0.2, 0.25) is 0 Å². The summed E-state index contributed by atoms with van der Waals surface area (Å²) in [6.45, 7) is 2.38. The van der Waals surface area contributed by atoms with Crippen LogP contribution in [0.3, 0.4) is 0 Å². The molecular formula is C19H22N2O5. The Kier molecular flexibility index (Phi) is 5.31. The van der Waals surface area contributed by atoms with Crippen LogP contribution in [0.15, 0.2) is 18.2 Å². The fraction of sp³-hybridized carbons (Fsp3) is 0.526. The fourth-order valence-corrected chi connectivity index (χ4v) is 3.21. The van der Waals surface area contributed by atoms with Gasteiger partial charge in [-0.2, -0.15) is 5.26 Å². The van der Waals surface area contributed by atoms with Crippen molar-refractivity contribution in [2.45, 2.75) is 50.7 Å². The van der Waals surface area contributed by atoms with Gasteiger partial charge in [-0.1, -0.05) is 19.3 Å². The van der Waals surface area contributed by atoms with E-state index in [0.717, 1.165) is 19.3 Å². The highest BCUT2D eigenvalue weighted by Crippen LogP contribution is 2.31. The summed E-state index contributed by atoms with van der Waals surface area (Å²) in [5.74, 6) is -0.0288. The molecule has 1 aliphatic carbocycles. The summed E-state index contributed by atoms with van der Waals surface area (Å²) in [6, 6.07) is 6.97. The summed E-state index contributed by atoms with van der Waals surface area (Å²) in [5, 5.41) is 12.2. The Bertz CT molecular complexity index is 734. The van der Waals surface area contributed by atoms with Crippen molar-refractivity contribution in [3.8, 4) is 17.6 Å². The first-order valence-corrected chi connectivity index (χ1v) is 8.87. The van der Waals surface area contributed by atoms with Gasteiger partial charge in [0.25, 0.3) is 5.91 Å². The highest BCUT2D eigenvalue weighted by atomic mass is 16.6. The van der Waals surface area contributed by atoms with E-state index in [1.807, 2.05) is 0 Å². The quantitative estimate of drug-likeness (QED) is 0.830. The Balaban J connectivity index is 1.61. The van der Waals surface area contributed by atoms with Gasteiger partial charge in [0.1, 0.15) is 18.8 Å². The van der Waals surface area contributed by atoms with Gasteiger partial charge in [0.15, 0.2) is 17.6 Å². The Hall–Kier alpha value is -2.75. The molecule has 7 nitrogen and oxygen atoms in total. The average molecular weight is 358 g/mol. The lowest BCUT2D eigenvalue weighted by Crippen LogP contribution is -2.52. The molecule has 1 aliphatic heterocycles. The number of hydrogen-bond donors (Lipinski definition) is 1. The molecule has 1 saturated carbocycles. The lowest BCUT2D eigenvalue weighted by Gasteiger charge is -2.32. The van der Waals surface area contributed by atoms with Crippen molar-refractivity contribution in [3.63, 3.8) is 0 Å². The van der Waals surface area contributed by atoms with Gasteiger partial charge in [0.05, 0.1) is 11.6 Å². The number of esters is 1. The number of fused-ring (bicyclic) bond motifs is 1. The van der Waals surface area contributed by atoms with E-state index < -0.39 is 23.5 Å². The fourth-order valence-electron chi connectivity index (χ4n) is 3.21. The van der Waals surface area contributed by atoms with Gasteiger partial charge in [-0.15, -0.1) is 0 Å². The smallest absolute Gasteiger partial charge is 0.339 e. The minimum absolute atomic E-state index is 0.279. The Morgan fingerprint density at radius 3 is 2.58 bits per heavy atom.